The van der Waals surface area contributed by atoms with Gasteiger partial charge in [0.2, 0.25) is 5.90 Å². The Labute approximate surface area is 174 Å². The maximum absolute atomic E-state index is 12.1. The summed E-state index contributed by atoms with van der Waals surface area (Å²) in [7, 11) is -0.545. The molecule has 0 atom stereocenters. The van der Waals surface area contributed by atoms with Crippen molar-refractivity contribution in [3.8, 4) is 17.2 Å². The summed E-state index contributed by atoms with van der Waals surface area (Å²) >= 11 is 0. The Morgan fingerprint density at radius 3 is 2.37 bits per heavy atom. The van der Waals surface area contributed by atoms with Gasteiger partial charge in [-0.2, -0.15) is 8.42 Å². The zero-order chi connectivity index (χ0) is 21.1. The van der Waals surface area contributed by atoms with Crippen LogP contribution in [-0.4, -0.2) is 34.7 Å². The third kappa shape index (κ3) is 3.90. The molecule has 0 saturated carbocycles. The van der Waals surface area contributed by atoms with Crippen molar-refractivity contribution in [3.63, 3.8) is 0 Å². The minimum absolute atomic E-state index is 0.0631. The lowest BCUT2D eigenvalue weighted by atomic mass is 10.2. The molecule has 0 unspecified atom stereocenters. The molecular formula is C22H18N2O5S. The standard InChI is InChI=1S/C22H18N2O5S/c1-27-17-11-12-20(28-2)19(13-17)23-14-15-7-9-16(10-8-15)29-22-18-5-3-4-6-21(18)30(25,26)24-22/h3-14H,1-2H3. The highest BCUT2D eigenvalue weighted by Gasteiger charge is 2.29. The Bertz CT molecular complexity index is 1250. The Morgan fingerprint density at radius 1 is 0.900 bits per heavy atom. The smallest absolute Gasteiger partial charge is 0.286 e. The molecule has 1 heterocycles. The molecule has 8 heteroatoms. The Morgan fingerprint density at radius 2 is 1.63 bits per heavy atom. The van der Waals surface area contributed by atoms with Gasteiger partial charge in [0.05, 0.1) is 19.8 Å². The lowest BCUT2D eigenvalue weighted by Gasteiger charge is -2.07. The average molecular weight is 422 g/mol. The maximum Gasteiger partial charge on any atom is 0.286 e. The molecule has 0 spiro atoms. The molecule has 1 aliphatic rings. The fourth-order valence-electron chi connectivity index (χ4n) is 2.92. The van der Waals surface area contributed by atoms with Gasteiger partial charge >= 0.3 is 0 Å². The summed E-state index contributed by atoms with van der Waals surface area (Å²) in [6, 6.07) is 19.0. The number of aliphatic imine (C=N–C) groups is 1. The van der Waals surface area contributed by atoms with Crippen LogP contribution in [0.4, 0.5) is 5.69 Å². The fraction of sp³-hybridized carbons (Fsp3) is 0.0909. The zero-order valence-electron chi connectivity index (χ0n) is 16.3. The highest BCUT2D eigenvalue weighted by Crippen LogP contribution is 2.31. The molecule has 3 aromatic rings. The molecular weight excluding hydrogens is 404 g/mol. The van der Waals surface area contributed by atoms with Crippen LogP contribution in [0.2, 0.25) is 0 Å². The molecule has 0 radical (unpaired) electrons. The Kier molecular flexibility index (Phi) is 5.24. The van der Waals surface area contributed by atoms with Gasteiger partial charge in [-0.05, 0) is 54.1 Å². The van der Waals surface area contributed by atoms with Gasteiger partial charge in [0, 0.05) is 12.3 Å². The van der Waals surface area contributed by atoms with Gasteiger partial charge in [-0.25, -0.2) is 0 Å². The van der Waals surface area contributed by atoms with Crippen LogP contribution in [0, 0.1) is 0 Å². The highest BCUT2D eigenvalue weighted by atomic mass is 32.2. The van der Waals surface area contributed by atoms with Crippen LogP contribution in [-0.2, 0) is 10.0 Å². The quantitative estimate of drug-likeness (QED) is 0.581. The van der Waals surface area contributed by atoms with Crippen molar-refractivity contribution in [3.05, 3.63) is 77.9 Å². The summed E-state index contributed by atoms with van der Waals surface area (Å²) < 4.78 is 44.2. The first-order valence-electron chi connectivity index (χ1n) is 8.98. The molecule has 30 heavy (non-hydrogen) atoms. The van der Waals surface area contributed by atoms with E-state index in [2.05, 4.69) is 9.39 Å². The van der Waals surface area contributed by atoms with E-state index in [1.165, 1.54) is 6.07 Å². The van der Waals surface area contributed by atoms with Gasteiger partial charge in [0.1, 0.15) is 27.8 Å². The van der Waals surface area contributed by atoms with E-state index in [-0.39, 0.29) is 10.8 Å². The van der Waals surface area contributed by atoms with Crippen molar-refractivity contribution < 1.29 is 22.6 Å². The number of hydrogen-bond acceptors (Lipinski definition) is 6. The second-order valence-electron chi connectivity index (χ2n) is 6.33. The number of rotatable bonds is 5. The van der Waals surface area contributed by atoms with Crippen LogP contribution in [0.5, 0.6) is 17.2 Å². The van der Waals surface area contributed by atoms with E-state index in [1.807, 2.05) is 0 Å². The molecule has 0 fully saturated rings. The molecule has 3 aromatic carbocycles. The number of ether oxygens (including phenoxy) is 3. The lowest BCUT2D eigenvalue weighted by molar-refractivity contribution is 0.404. The topological polar surface area (TPSA) is 86.5 Å². The maximum atomic E-state index is 12.1. The summed E-state index contributed by atoms with van der Waals surface area (Å²) in [6.45, 7) is 0. The zero-order valence-corrected chi connectivity index (χ0v) is 17.1. The lowest BCUT2D eigenvalue weighted by Crippen LogP contribution is -2.07. The number of sulfonamides is 1. The van der Waals surface area contributed by atoms with E-state index < -0.39 is 10.0 Å². The molecule has 0 bridgehead atoms. The van der Waals surface area contributed by atoms with E-state index in [4.69, 9.17) is 14.2 Å². The molecule has 0 aliphatic carbocycles. The number of fused-ring (bicyclic) bond motifs is 1. The van der Waals surface area contributed by atoms with Crippen LogP contribution >= 0.6 is 0 Å². The minimum Gasteiger partial charge on any atom is -0.497 e. The predicted octanol–water partition coefficient (Wildman–Crippen LogP) is 3.98. The molecule has 0 N–H and O–H groups in total. The normalized spacial score (nSPS) is 14.3. The molecule has 152 valence electrons. The summed E-state index contributed by atoms with van der Waals surface area (Å²) in [4.78, 5) is 4.61. The van der Waals surface area contributed by atoms with Crippen molar-refractivity contribution in [1.29, 1.82) is 0 Å². The van der Waals surface area contributed by atoms with E-state index in [0.29, 0.717) is 28.5 Å². The van der Waals surface area contributed by atoms with Crippen LogP contribution in [0.15, 0.2) is 81.0 Å². The van der Waals surface area contributed by atoms with Gasteiger partial charge in [0.25, 0.3) is 10.0 Å². The second-order valence-corrected chi connectivity index (χ2v) is 7.91. The third-order valence-corrected chi connectivity index (χ3v) is 5.75. The first kappa shape index (κ1) is 19.7. The first-order chi connectivity index (χ1) is 14.5. The van der Waals surface area contributed by atoms with Crippen LogP contribution in [0.1, 0.15) is 11.1 Å². The van der Waals surface area contributed by atoms with E-state index >= 15 is 0 Å². The molecule has 0 saturated heterocycles. The van der Waals surface area contributed by atoms with E-state index in [9.17, 15) is 8.42 Å². The van der Waals surface area contributed by atoms with Crippen molar-refractivity contribution in [2.24, 2.45) is 9.39 Å². The monoisotopic (exact) mass is 422 g/mol. The molecule has 7 nitrogen and oxygen atoms in total. The summed E-state index contributed by atoms with van der Waals surface area (Å²) in [6.07, 6.45) is 1.69. The minimum atomic E-state index is -3.72. The van der Waals surface area contributed by atoms with Crippen molar-refractivity contribution in [2.45, 2.75) is 4.90 Å². The van der Waals surface area contributed by atoms with Crippen molar-refractivity contribution in [1.82, 2.24) is 0 Å². The second kappa shape index (κ2) is 8.00. The van der Waals surface area contributed by atoms with Crippen LogP contribution < -0.4 is 14.2 Å². The average Bonchev–Trinajstić information content (AvgIpc) is 3.03. The Hall–Kier alpha value is -3.65. The summed E-state index contributed by atoms with van der Waals surface area (Å²) in [5.41, 5.74) is 1.92. The summed E-state index contributed by atoms with van der Waals surface area (Å²) in [5, 5.41) is 0. The Balaban J connectivity index is 1.53. The number of benzene rings is 3. The van der Waals surface area contributed by atoms with Crippen molar-refractivity contribution in [2.75, 3.05) is 14.2 Å². The molecule has 1 aliphatic heterocycles. The number of hydrogen-bond donors (Lipinski definition) is 0. The third-order valence-electron chi connectivity index (χ3n) is 4.43. The number of methoxy groups -OCH3 is 2. The largest absolute Gasteiger partial charge is 0.497 e. The van der Waals surface area contributed by atoms with E-state index in [1.54, 1.807) is 81.1 Å². The van der Waals surface area contributed by atoms with Gasteiger partial charge < -0.3 is 14.2 Å². The number of nitrogens with zero attached hydrogens (tertiary/aromatic N) is 2. The van der Waals surface area contributed by atoms with Gasteiger partial charge in [-0.1, -0.05) is 12.1 Å². The highest BCUT2D eigenvalue weighted by molar-refractivity contribution is 7.90. The van der Waals surface area contributed by atoms with Gasteiger partial charge in [-0.15, -0.1) is 4.40 Å². The predicted molar refractivity (Wildman–Crippen MR) is 114 cm³/mol. The van der Waals surface area contributed by atoms with Gasteiger partial charge in [0.15, 0.2) is 0 Å². The van der Waals surface area contributed by atoms with Gasteiger partial charge in [-0.3, -0.25) is 4.99 Å². The van der Waals surface area contributed by atoms with Crippen LogP contribution in [0.25, 0.3) is 0 Å². The SMILES string of the molecule is COc1ccc(OC)c(N=Cc2ccc(OC3=NS(=O)(=O)c4ccccc43)cc2)c1. The molecule has 0 amide bonds. The first-order valence-corrected chi connectivity index (χ1v) is 10.4. The molecule has 4 rings (SSSR count). The molecule has 0 aromatic heterocycles. The fourth-order valence-corrected chi connectivity index (χ4v) is 4.06. The van der Waals surface area contributed by atoms with Crippen LogP contribution in [0.3, 0.4) is 0 Å². The van der Waals surface area contributed by atoms with E-state index in [0.717, 1.165) is 5.56 Å². The summed E-state index contributed by atoms with van der Waals surface area (Å²) in [5.74, 6) is 1.84. The van der Waals surface area contributed by atoms with Crippen molar-refractivity contribution >= 4 is 27.8 Å².